The number of nitrogens with zero attached hydrogens (tertiary/aromatic N) is 2. The largest absolute Gasteiger partial charge is 0.507 e. The normalized spacial score (nSPS) is 14.6. The molecule has 0 bridgehead atoms. The molecule has 7 heteroatoms. The summed E-state index contributed by atoms with van der Waals surface area (Å²) in [5, 5.41) is 13.6. The van der Waals surface area contributed by atoms with Crippen LogP contribution in [-0.4, -0.2) is 53.0 Å². The maximum atomic E-state index is 13.0. The van der Waals surface area contributed by atoms with Gasteiger partial charge in [0, 0.05) is 36.9 Å². The topological polar surface area (TPSA) is 72.9 Å². The molecule has 29 heavy (non-hydrogen) atoms. The van der Waals surface area contributed by atoms with E-state index >= 15 is 0 Å². The first-order valence-electron chi connectivity index (χ1n) is 9.79. The molecule has 0 atom stereocenters. The van der Waals surface area contributed by atoms with Crippen molar-refractivity contribution in [3.63, 3.8) is 0 Å². The molecular formula is C22H26ClN3O3. The number of anilines is 1. The van der Waals surface area contributed by atoms with Crippen molar-refractivity contribution in [3.8, 4) is 5.75 Å². The van der Waals surface area contributed by atoms with E-state index in [4.69, 9.17) is 11.6 Å². The highest BCUT2D eigenvalue weighted by Crippen LogP contribution is 2.25. The molecule has 154 valence electrons. The van der Waals surface area contributed by atoms with Crippen molar-refractivity contribution in [3.05, 3.63) is 58.6 Å². The zero-order valence-electron chi connectivity index (χ0n) is 16.7. The molecule has 1 aliphatic rings. The average molecular weight is 416 g/mol. The van der Waals surface area contributed by atoms with Crippen LogP contribution in [0.1, 0.15) is 42.1 Å². The van der Waals surface area contributed by atoms with Gasteiger partial charge in [-0.15, -0.1) is 0 Å². The number of phenolic OH excluding ortho intramolecular Hbond substituents is 1. The second kappa shape index (κ2) is 9.18. The predicted octanol–water partition coefficient (Wildman–Crippen LogP) is 4.55. The number of amides is 3. The molecule has 0 spiro atoms. The molecule has 6 nitrogen and oxygen atoms in total. The molecule has 2 N–H and O–H groups in total. The Morgan fingerprint density at radius 1 is 1.03 bits per heavy atom. The summed E-state index contributed by atoms with van der Waals surface area (Å²) in [7, 11) is 0. The van der Waals surface area contributed by atoms with E-state index < -0.39 is 0 Å². The Hall–Kier alpha value is -2.73. The van der Waals surface area contributed by atoms with Gasteiger partial charge in [0.2, 0.25) is 0 Å². The fourth-order valence-electron chi connectivity index (χ4n) is 3.35. The van der Waals surface area contributed by atoms with Crippen LogP contribution in [0.2, 0.25) is 5.02 Å². The monoisotopic (exact) mass is 415 g/mol. The molecule has 1 heterocycles. The van der Waals surface area contributed by atoms with Crippen LogP contribution in [0.5, 0.6) is 5.75 Å². The Morgan fingerprint density at radius 2 is 1.76 bits per heavy atom. The minimum Gasteiger partial charge on any atom is -0.507 e. The van der Waals surface area contributed by atoms with Crippen molar-refractivity contribution in [2.45, 2.75) is 26.2 Å². The Balaban J connectivity index is 1.66. The fourth-order valence-corrected chi connectivity index (χ4v) is 3.54. The Labute approximate surface area is 176 Å². The summed E-state index contributed by atoms with van der Waals surface area (Å²) in [4.78, 5) is 29.0. The van der Waals surface area contributed by atoms with Crippen molar-refractivity contribution in [1.29, 1.82) is 0 Å². The molecule has 2 aromatic carbocycles. The lowest BCUT2D eigenvalue weighted by Crippen LogP contribution is -2.39. The minimum atomic E-state index is -0.216. The van der Waals surface area contributed by atoms with E-state index in [0.717, 1.165) is 5.56 Å². The van der Waals surface area contributed by atoms with Gasteiger partial charge in [-0.3, -0.25) is 4.79 Å². The molecule has 0 saturated carbocycles. The number of carbonyl (C=O) groups is 2. The quantitative estimate of drug-likeness (QED) is 0.772. The summed E-state index contributed by atoms with van der Waals surface area (Å²) < 4.78 is 0. The van der Waals surface area contributed by atoms with Crippen LogP contribution < -0.4 is 5.32 Å². The van der Waals surface area contributed by atoms with Gasteiger partial charge in [-0.1, -0.05) is 37.6 Å². The highest BCUT2D eigenvalue weighted by molar-refractivity contribution is 6.30. The van der Waals surface area contributed by atoms with Crippen LogP contribution in [-0.2, 0) is 0 Å². The molecule has 2 aromatic rings. The van der Waals surface area contributed by atoms with Gasteiger partial charge in [-0.05, 0) is 48.2 Å². The fraction of sp³-hybridized carbons (Fsp3) is 0.364. The van der Waals surface area contributed by atoms with Crippen molar-refractivity contribution in [2.24, 2.45) is 0 Å². The third-order valence-electron chi connectivity index (χ3n) is 5.06. The molecule has 3 rings (SSSR count). The lowest BCUT2D eigenvalue weighted by molar-refractivity contribution is 0.0759. The van der Waals surface area contributed by atoms with Crippen molar-refractivity contribution in [2.75, 3.05) is 31.5 Å². The summed E-state index contributed by atoms with van der Waals surface area (Å²) in [6.45, 7) is 6.00. The molecule has 1 fully saturated rings. The molecule has 0 aliphatic carbocycles. The number of carbonyl (C=O) groups excluding carboxylic acids is 2. The maximum absolute atomic E-state index is 13.0. The van der Waals surface area contributed by atoms with E-state index in [-0.39, 0.29) is 23.6 Å². The van der Waals surface area contributed by atoms with Crippen LogP contribution in [0.4, 0.5) is 10.5 Å². The van der Waals surface area contributed by atoms with E-state index in [0.29, 0.717) is 48.9 Å². The number of nitrogens with one attached hydrogen (secondary N) is 1. The van der Waals surface area contributed by atoms with Gasteiger partial charge >= 0.3 is 6.03 Å². The molecular weight excluding hydrogens is 390 g/mol. The average Bonchev–Trinajstić information content (AvgIpc) is 2.94. The number of halogens is 1. The summed E-state index contributed by atoms with van der Waals surface area (Å²) in [6, 6.07) is 11.9. The van der Waals surface area contributed by atoms with Crippen LogP contribution in [0.15, 0.2) is 42.5 Å². The van der Waals surface area contributed by atoms with Gasteiger partial charge in [0.05, 0.1) is 5.56 Å². The van der Waals surface area contributed by atoms with Gasteiger partial charge < -0.3 is 20.2 Å². The number of urea groups is 1. The summed E-state index contributed by atoms with van der Waals surface area (Å²) in [6.07, 6.45) is 0.666. The number of benzene rings is 2. The van der Waals surface area contributed by atoms with Gasteiger partial charge in [0.1, 0.15) is 5.75 Å². The highest BCUT2D eigenvalue weighted by Gasteiger charge is 2.25. The van der Waals surface area contributed by atoms with E-state index in [1.807, 2.05) is 19.9 Å². The minimum absolute atomic E-state index is 0.0146. The highest BCUT2D eigenvalue weighted by atomic mass is 35.5. The van der Waals surface area contributed by atoms with Crippen LogP contribution >= 0.6 is 11.6 Å². The first kappa shape index (κ1) is 21.0. The van der Waals surface area contributed by atoms with Gasteiger partial charge in [-0.2, -0.15) is 0 Å². The second-order valence-electron chi connectivity index (χ2n) is 7.50. The molecule has 0 aromatic heterocycles. The third kappa shape index (κ3) is 5.21. The van der Waals surface area contributed by atoms with Crippen LogP contribution in [0.25, 0.3) is 0 Å². The summed E-state index contributed by atoms with van der Waals surface area (Å²) >= 11 is 5.97. The van der Waals surface area contributed by atoms with Crippen LogP contribution in [0, 0.1) is 0 Å². The zero-order chi connectivity index (χ0) is 21.0. The third-order valence-corrected chi connectivity index (χ3v) is 5.30. The summed E-state index contributed by atoms with van der Waals surface area (Å²) in [5.41, 5.74) is 1.95. The lowest BCUT2D eigenvalue weighted by atomic mass is 9.99. The molecule has 1 aliphatic heterocycles. The van der Waals surface area contributed by atoms with Gasteiger partial charge in [0.25, 0.3) is 5.91 Å². The Kier molecular flexibility index (Phi) is 6.64. The van der Waals surface area contributed by atoms with E-state index in [1.54, 1.807) is 46.2 Å². The predicted molar refractivity (Wildman–Crippen MR) is 115 cm³/mol. The Morgan fingerprint density at radius 3 is 2.48 bits per heavy atom. The maximum Gasteiger partial charge on any atom is 0.321 e. The van der Waals surface area contributed by atoms with Crippen molar-refractivity contribution < 1.29 is 14.7 Å². The number of hydrogen-bond acceptors (Lipinski definition) is 3. The molecule has 3 amide bonds. The molecule has 1 saturated heterocycles. The lowest BCUT2D eigenvalue weighted by Gasteiger charge is -2.23. The van der Waals surface area contributed by atoms with Crippen molar-refractivity contribution in [1.82, 2.24) is 9.80 Å². The van der Waals surface area contributed by atoms with Gasteiger partial charge in [-0.25, -0.2) is 4.79 Å². The first-order valence-corrected chi connectivity index (χ1v) is 10.2. The Bertz CT molecular complexity index is 901. The van der Waals surface area contributed by atoms with Crippen molar-refractivity contribution >= 4 is 29.2 Å². The smallest absolute Gasteiger partial charge is 0.321 e. The van der Waals surface area contributed by atoms with E-state index in [1.165, 1.54) is 0 Å². The van der Waals surface area contributed by atoms with Crippen LogP contribution in [0.3, 0.4) is 0 Å². The second-order valence-corrected chi connectivity index (χ2v) is 7.94. The number of rotatable bonds is 3. The standard InChI is InChI=1S/C22H26ClN3O3/c1-15(2)16-7-8-20(27)19(13-16)21(28)25-9-4-10-26(12-11-25)22(29)24-18-6-3-5-17(23)14-18/h3,5-8,13-15,27H,4,9-12H2,1-2H3,(H,24,29). The number of hydrogen-bond donors (Lipinski definition) is 2. The zero-order valence-corrected chi connectivity index (χ0v) is 17.4. The number of phenols is 1. The van der Waals surface area contributed by atoms with E-state index in [2.05, 4.69) is 5.32 Å². The van der Waals surface area contributed by atoms with Gasteiger partial charge in [0.15, 0.2) is 0 Å². The van der Waals surface area contributed by atoms with E-state index in [9.17, 15) is 14.7 Å². The SMILES string of the molecule is CC(C)c1ccc(O)c(C(=O)N2CCCN(C(=O)Nc3cccc(Cl)c3)CC2)c1. The summed E-state index contributed by atoms with van der Waals surface area (Å²) in [5.74, 6) is 0.0401. The molecule has 0 unspecified atom stereocenters. The molecule has 0 radical (unpaired) electrons. The first-order chi connectivity index (χ1) is 13.8. The number of aromatic hydroxyl groups is 1.